The van der Waals surface area contributed by atoms with Gasteiger partial charge in [0.15, 0.2) is 0 Å². The highest BCUT2D eigenvalue weighted by Crippen LogP contribution is 2.27. The predicted octanol–water partition coefficient (Wildman–Crippen LogP) is 2.26. The van der Waals surface area contributed by atoms with Gasteiger partial charge in [0.1, 0.15) is 17.3 Å². The van der Waals surface area contributed by atoms with Crippen molar-refractivity contribution in [3.63, 3.8) is 0 Å². The number of aryl methyl sites for hydroxylation is 2. The number of aromatic nitrogens is 3. The summed E-state index contributed by atoms with van der Waals surface area (Å²) in [5, 5.41) is 7.91. The zero-order valence-corrected chi connectivity index (χ0v) is 16.4. The minimum absolute atomic E-state index is 0.0508. The van der Waals surface area contributed by atoms with Crippen LogP contribution < -0.4 is 0 Å². The molecule has 0 atom stereocenters. The van der Waals surface area contributed by atoms with E-state index in [2.05, 4.69) is 10.3 Å². The third-order valence-corrected chi connectivity index (χ3v) is 4.94. The van der Waals surface area contributed by atoms with E-state index in [-0.39, 0.29) is 34.4 Å². The molecular weight excluding hydrogens is 396 g/mol. The van der Waals surface area contributed by atoms with Gasteiger partial charge in [-0.05, 0) is 19.1 Å². The van der Waals surface area contributed by atoms with Crippen molar-refractivity contribution in [1.82, 2.24) is 24.7 Å². The number of benzene rings is 1. The van der Waals surface area contributed by atoms with E-state index in [1.807, 2.05) is 0 Å². The second kappa shape index (κ2) is 7.69. The first-order valence-corrected chi connectivity index (χ1v) is 9.34. The average Bonchev–Trinajstić information content (AvgIpc) is 3.32. The summed E-state index contributed by atoms with van der Waals surface area (Å²) >= 11 is 0. The molecule has 1 aliphatic heterocycles. The summed E-state index contributed by atoms with van der Waals surface area (Å²) in [5.41, 5.74) is 1.03. The van der Waals surface area contributed by atoms with Gasteiger partial charge in [0, 0.05) is 57.1 Å². The fraction of sp³-hybridized carbons (Fsp3) is 0.300. The molecule has 30 heavy (non-hydrogen) atoms. The maximum atomic E-state index is 14.3. The van der Waals surface area contributed by atoms with Crippen LogP contribution in [0.2, 0.25) is 0 Å². The monoisotopic (exact) mass is 415 g/mol. The molecule has 8 nitrogen and oxygen atoms in total. The second-order valence-corrected chi connectivity index (χ2v) is 7.11. The Balaban J connectivity index is 1.50. The van der Waals surface area contributed by atoms with E-state index < -0.39 is 11.6 Å². The Morgan fingerprint density at radius 2 is 1.70 bits per heavy atom. The number of carbonyl (C=O) groups is 2. The Morgan fingerprint density at radius 3 is 2.30 bits per heavy atom. The molecule has 2 amide bonds. The van der Waals surface area contributed by atoms with E-state index in [4.69, 9.17) is 4.52 Å². The Hall–Kier alpha value is -3.56. The summed E-state index contributed by atoms with van der Waals surface area (Å²) in [5.74, 6) is -1.94. The molecule has 156 valence electrons. The van der Waals surface area contributed by atoms with Crippen molar-refractivity contribution in [2.75, 3.05) is 26.2 Å². The van der Waals surface area contributed by atoms with Crippen LogP contribution in [0.5, 0.6) is 0 Å². The highest BCUT2D eigenvalue weighted by atomic mass is 19.1. The Bertz CT molecular complexity index is 1120. The largest absolute Gasteiger partial charge is 0.351 e. The highest BCUT2D eigenvalue weighted by Gasteiger charge is 2.30. The molecule has 10 heteroatoms. The summed E-state index contributed by atoms with van der Waals surface area (Å²) in [4.78, 5) is 28.7. The number of amides is 2. The first-order chi connectivity index (χ1) is 14.3. The number of piperazine rings is 1. The lowest BCUT2D eigenvalue weighted by Crippen LogP contribution is -2.50. The zero-order valence-electron chi connectivity index (χ0n) is 16.4. The third-order valence-electron chi connectivity index (χ3n) is 4.94. The van der Waals surface area contributed by atoms with E-state index in [0.717, 1.165) is 12.1 Å². The van der Waals surface area contributed by atoms with Crippen LogP contribution in [-0.4, -0.2) is 62.7 Å². The summed E-state index contributed by atoms with van der Waals surface area (Å²) in [7, 11) is 1.62. The number of hydrogen-bond donors (Lipinski definition) is 0. The van der Waals surface area contributed by atoms with Crippen molar-refractivity contribution < 1.29 is 22.9 Å². The Morgan fingerprint density at radius 1 is 1.03 bits per heavy atom. The Labute approximate surface area is 170 Å². The minimum atomic E-state index is -0.791. The van der Waals surface area contributed by atoms with Crippen LogP contribution in [0.4, 0.5) is 8.78 Å². The lowest BCUT2D eigenvalue weighted by atomic mass is 10.1. The SMILES string of the molecule is Cc1cc(C(=O)N2CCN(C(=O)c3cn(C)nc3-c3ccc(F)cc3F)CC2)on1. The maximum absolute atomic E-state index is 14.3. The topological polar surface area (TPSA) is 84.5 Å². The molecule has 0 unspecified atom stereocenters. The van der Waals surface area contributed by atoms with Gasteiger partial charge in [0.2, 0.25) is 5.76 Å². The number of halogens is 2. The smallest absolute Gasteiger partial charge is 0.292 e. The predicted molar refractivity (Wildman–Crippen MR) is 102 cm³/mol. The third kappa shape index (κ3) is 3.68. The molecule has 0 saturated carbocycles. The van der Waals surface area contributed by atoms with Crippen LogP contribution in [-0.2, 0) is 7.05 Å². The summed E-state index contributed by atoms with van der Waals surface area (Å²) in [6.07, 6.45) is 1.51. The standard InChI is InChI=1S/C20H19F2N5O3/c1-12-9-17(30-24-12)20(29)27-7-5-26(6-8-27)19(28)15-11-25(2)23-18(15)14-4-3-13(21)10-16(14)22/h3-4,9-11H,5-8H2,1-2H3. The van der Waals surface area contributed by atoms with Gasteiger partial charge in [-0.15, -0.1) is 0 Å². The lowest BCUT2D eigenvalue weighted by molar-refractivity contribution is 0.0513. The zero-order chi connectivity index (χ0) is 21.4. The molecule has 0 bridgehead atoms. The molecule has 1 saturated heterocycles. The van der Waals surface area contributed by atoms with Gasteiger partial charge in [0.05, 0.1) is 11.3 Å². The van der Waals surface area contributed by atoms with Crippen LogP contribution in [0.25, 0.3) is 11.3 Å². The molecule has 0 radical (unpaired) electrons. The van der Waals surface area contributed by atoms with E-state index in [1.54, 1.807) is 29.8 Å². The average molecular weight is 415 g/mol. The van der Waals surface area contributed by atoms with E-state index in [1.165, 1.54) is 16.9 Å². The van der Waals surface area contributed by atoms with Crippen molar-refractivity contribution in [3.05, 3.63) is 59.1 Å². The van der Waals surface area contributed by atoms with E-state index in [9.17, 15) is 18.4 Å². The molecule has 0 spiro atoms. The fourth-order valence-corrected chi connectivity index (χ4v) is 3.43. The molecule has 1 aliphatic rings. The van der Waals surface area contributed by atoms with Gasteiger partial charge in [0.25, 0.3) is 11.8 Å². The maximum Gasteiger partial charge on any atom is 0.292 e. The molecule has 3 heterocycles. The Kier molecular flexibility index (Phi) is 5.06. The molecule has 2 aromatic heterocycles. The first-order valence-electron chi connectivity index (χ1n) is 9.34. The number of nitrogens with zero attached hydrogens (tertiary/aromatic N) is 5. The lowest BCUT2D eigenvalue weighted by Gasteiger charge is -2.34. The van der Waals surface area contributed by atoms with Crippen LogP contribution in [0.1, 0.15) is 26.6 Å². The van der Waals surface area contributed by atoms with Crippen LogP contribution in [0.15, 0.2) is 35.0 Å². The number of carbonyl (C=O) groups excluding carboxylic acids is 2. The molecule has 0 N–H and O–H groups in total. The summed E-state index contributed by atoms with van der Waals surface area (Å²) in [6, 6.07) is 4.71. The van der Waals surface area contributed by atoms with Crippen molar-refractivity contribution in [3.8, 4) is 11.3 Å². The number of rotatable bonds is 3. The van der Waals surface area contributed by atoms with Gasteiger partial charge in [-0.25, -0.2) is 8.78 Å². The van der Waals surface area contributed by atoms with E-state index in [0.29, 0.717) is 31.9 Å². The quantitative estimate of drug-likeness (QED) is 0.655. The first kappa shape index (κ1) is 19.7. The van der Waals surface area contributed by atoms with Gasteiger partial charge in [-0.3, -0.25) is 14.3 Å². The van der Waals surface area contributed by atoms with Crippen molar-refractivity contribution in [2.24, 2.45) is 7.05 Å². The van der Waals surface area contributed by atoms with Crippen molar-refractivity contribution in [1.29, 1.82) is 0 Å². The van der Waals surface area contributed by atoms with Gasteiger partial charge < -0.3 is 14.3 Å². The minimum Gasteiger partial charge on any atom is -0.351 e. The molecule has 1 fully saturated rings. The number of hydrogen-bond acceptors (Lipinski definition) is 5. The van der Waals surface area contributed by atoms with Crippen molar-refractivity contribution in [2.45, 2.75) is 6.92 Å². The van der Waals surface area contributed by atoms with Gasteiger partial charge >= 0.3 is 0 Å². The van der Waals surface area contributed by atoms with Crippen LogP contribution >= 0.6 is 0 Å². The van der Waals surface area contributed by atoms with Gasteiger partial charge in [-0.1, -0.05) is 5.16 Å². The van der Waals surface area contributed by atoms with Gasteiger partial charge in [-0.2, -0.15) is 5.10 Å². The van der Waals surface area contributed by atoms with Crippen molar-refractivity contribution >= 4 is 11.8 Å². The van der Waals surface area contributed by atoms with Crippen LogP contribution in [0.3, 0.4) is 0 Å². The molecular formula is C20H19F2N5O3. The second-order valence-electron chi connectivity index (χ2n) is 7.11. The molecule has 4 rings (SSSR count). The molecule has 0 aliphatic carbocycles. The molecule has 1 aromatic carbocycles. The molecule has 3 aromatic rings. The summed E-state index contributed by atoms with van der Waals surface area (Å²) in [6.45, 7) is 2.98. The summed E-state index contributed by atoms with van der Waals surface area (Å²) < 4.78 is 34.0. The normalized spacial score (nSPS) is 14.3. The fourth-order valence-electron chi connectivity index (χ4n) is 3.43. The van der Waals surface area contributed by atoms with E-state index >= 15 is 0 Å². The highest BCUT2D eigenvalue weighted by molar-refractivity contribution is 6.00. The van der Waals surface area contributed by atoms with Crippen LogP contribution in [0, 0.1) is 18.6 Å².